The molecule has 68 valence electrons. The Kier molecular flexibility index (Phi) is 5.78. The summed E-state index contributed by atoms with van der Waals surface area (Å²) in [5.41, 5.74) is 1.93. The third kappa shape index (κ3) is 6.20. The maximum atomic E-state index is 5.57. The Morgan fingerprint density at radius 1 is 1.42 bits per heavy atom. The van der Waals surface area contributed by atoms with Gasteiger partial charge in [-0.25, -0.2) is 0 Å². The molecule has 0 aromatic rings. The van der Waals surface area contributed by atoms with Gasteiger partial charge in [0.25, 0.3) is 0 Å². The van der Waals surface area contributed by atoms with Crippen molar-refractivity contribution >= 4 is 8.32 Å². The minimum absolute atomic E-state index is 0.561. The second-order valence-corrected chi connectivity index (χ2v) is 7.10. The van der Waals surface area contributed by atoms with Crippen LogP contribution in [0.5, 0.6) is 0 Å². The first kappa shape index (κ1) is 11.5. The Bertz CT molecular complexity index is 186. The van der Waals surface area contributed by atoms with Crippen molar-refractivity contribution in [2.75, 3.05) is 6.61 Å². The molecule has 0 rings (SSSR count). The van der Waals surface area contributed by atoms with E-state index in [0.29, 0.717) is 6.61 Å². The van der Waals surface area contributed by atoms with Crippen LogP contribution in [-0.2, 0) is 4.43 Å². The molecule has 0 unspecified atom stereocenters. The summed E-state index contributed by atoms with van der Waals surface area (Å²) >= 11 is 0. The van der Waals surface area contributed by atoms with Crippen molar-refractivity contribution in [3.63, 3.8) is 0 Å². The predicted octanol–water partition coefficient (Wildman–Crippen LogP) is 2.74. The van der Waals surface area contributed by atoms with Crippen LogP contribution in [0.2, 0.25) is 13.1 Å². The van der Waals surface area contributed by atoms with Gasteiger partial charge in [-0.2, -0.15) is 0 Å². The minimum Gasteiger partial charge on any atom is -0.403 e. The fourth-order valence-corrected chi connectivity index (χ4v) is 1.11. The van der Waals surface area contributed by atoms with Crippen LogP contribution in [0, 0.1) is 11.8 Å². The molecule has 0 saturated carbocycles. The van der Waals surface area contributed by atoms with Crippen LogP contribution in [0.4, 0.5) is 0 Å². The summed E-state index contributed by atoms with van der Waals surface area (Å²) in [6, 6.07) is 0. The number of hydrogen-bond donors (Lipinski definition) is 0. The lowest BCUT2D eigenvalue weighted by molar-refractivity contribution is 0.369. The molecule has 0 fully saturated rings. The quantitative estimate of drug-likeness (QED) is 0.480. The zero-order valence-electron chi connectivity index (χ0n) is 8.31. The average Bonchev–Trinajstić information content (AvgIpc) is 2.04. The second kappa shape index (κ2) is 6.04. The van der Waals surface area contributed by atoms with E-state index in [1.807, 2.05) is 5.70 Å². The Morgan fingerprint density at radius 3 is 2.58 bits per heavy atom. The Hall–Kier alpha value is -0.523. The van der Waals surface area contributed by atoms with Gasteiger partial charge in [0.1, 0.15) is 0 Å². The van der Waals surface area contributed by atoms with Gasteiger partial charge in [0.15, 0.2) is 0 Å². The molecule has 0 radical (unpaired) electrons. The summed E-state index contributed by atoms with van der Waals surface area (Å²) in [6.07, 6.45) is 2.09. The van der Waals surface area contributed by atoms with E-state index in [1.165, 1.54) is 0 Å². The van der Waals surface area contributed by atoms with E-state index >= 15 is 0 Å². The fourth-order valence-electron chi connectivity index (χ4n) is 0.545. The number of hydrogen-bond acceptors (Lipinski definition) is 1. The van der Waals surface area contributed by atoms with Gasteiger partial charge in [-0.15, -0.1) is 12.5 Å². The molecule has 0 atom stereocenters. The first-order chi connectivity index (χ1) is 5.62. The van der Waals surface area contributed by atoms with Gasteiger partial charge in [-0.1, -0.05) is 18.5 Å². The molecule has 2 heteroatoms. The summed E-state index contributed by atoms with van der Waals surface area (Å²) in [7, 11) is -1.58. The van der Waals surface area contributed by atoms with Crippen LogP contribution in [-0.4, -0.2) is 14.9 Å². The first-order valence-corrected chi connectivity index (χ1v) is 7.34. The van der Waals surface area contributed by atoms with Crippen LogP contribution in [0.15, 0.2) is 12.3 Å². The molecular formula is C10H18OSi. The van der Waals surface area contributed by atoms with E-state index in [0.717, 1.165) is 12.8 Å². The lowest BCUT2D eigenvalue weighted by Gasteiger charge is -2.15. The van der Waals surface area contributed by atoms with E-state index < -0.39 is 8.32 Å². The Labute approximate surface area is 77.0 Å². The molecular weight excluding hydrogens is 164 g/mol. The van der Waals surface area contributed by atoms with Gasteiger partial charge in [-0.05, 0) is 19.5 Å². The third-order valence-corrected chi connectivity index (χ3v) is 3.38. The monoisotopic (exact) mass is 182 g/mol. The van der Waals surface area contributed by atoms with Gasteiger partial charge in [0.05, 0.1) is 6.61 Å². The van der Waals surface area contributed by atoms with Crippen LogP contribution in [0.1, 0.15) is 19.8 Å². The lowest BCUT2D eigenvalue weighted by Crippen LogP contribution is -2.27. The van der Waals surface area contributed by atoms with Crippen molar-refractivity contribution in [1.29, 1.82) is 0 Å². The highest BCUT2D eigenvalue weighted by atomic mass is 28.4. The largest absolute Gasteiger partial charge is 0.403 e. The van der Waals surface area contributed by atoms with Crippen LogP contribution >= 0.6 is 0 Å². The molecule has 0 aromatic carbocycles. The van der Waals surface area contributed by atoms with E-state index in [2.05, 4.69) is 38.4 Å². The van der Waals surface area contributed by atoms with E-state index in [4.69, 9.17) is 4.43 Å². The van der Waals surface area contributed by atoms with Crippen molar-refractivity contribution in [3.8, 4) is 11.8 Å². The second-order valence-electron chi connectivity index (χ2n) is 3.20. The van der Waals surface area contributed by atoms with E-state index in [-0.39, 0.29) is 0 Å². The Morgan fingerprint density at radius 2 is 2.08 bits per heavy atom. The highest BCUT2D eigenvalue weighted by Gasteiger charge is 2.15. The number of unbranched alkanes of at least 4 members (excludes halogenated alkanes) is 1. The van der Waals surface area contributed by atoms with Gasteiger partial charge in [0.2, 0.25) is 8.32 Å². The standard InChI is InChI=1S/C10H18OSi/c1-5-7-8-9-10-11-12(3,4)6-2/h6H,2,5,7,10H2,1,3-4H3. The molecule has 0 saturated heterocycles. The predicted molar refractivity (Wildman–Crippen MR) is 56.3 cm³/mol. The molecule has 0 aliphatic heterocycles. The summed E-state index contributed by atoms with van der Waals surface area (Å²) in [5.74, 6) is 6.04. The lowest BCUT2D eigenvalue weighted by atomic mass is 10.3. The van der Waals surface area contributed by atoms with Crippen molar-refractivity contribution < 1.29 is 4.43 Å². The summed E-state index contributed by atoms with van der Waals surface area (Å²) in [6.45, 7) is 10.6. The summed E-state index contributed by atoms with van der Waals surface area (Å²) in [4.78, 5) is 0. The zero-order chi connectivity index (χ0) is 9.45. The molecule has 12 heavy (non-hydrogen) atoms. The average molecular weight is 182 g/mol. The molecule has 0 heterocycles. The fraction of sp³-hybridized carbons (Fsp3) is 0.600. The topological polar surface area (TPSA) is 9.23 Å². The van der Waals surface area contributed by atoms with Crippen molar-refractivity contribution in [2.45, 2.75) is 32.9 Å². The normalized spacial score (nSPS) is 10.2. The molecule has 0 aliphatic rings. The number of rotatable bonds is 4. The molecule has 0 spiro atoms. The molecule has 0 bridgehead atoms. The minimum atomic E-state index is -1.58. The van der Waals surface area contributed by atoms with E-state index in [1.54, 1.807) is 0 Å². The van der Waals surface area contributed by atoms with Crippen molar-refractivity contribution in [2.24, 2.45) is 0 Å². The first-order valence-electron chi connectivity index (χ1n) is 4.35. The van der Waals surface area contributed by atoms with Crippen LogP contribution < -0.4 is 0 Å². The maximum Gasteiger partial charge on any atom is 0.211 e. The maximum absolute atomic E-state index is 5.57. The molecule has 1 nitrogen and oxygen atoms in total. The Balaban J connectivity index is 3.57. The van der Waals surface area contributed by atoms with Crippen molar-refractivity contribution in [1.82, 2.24) is 0 Å². The smallest absolute Gasteiger partial charge is 0.211 e. The van der Waals surface area contributed by atoms with Gasteiger partial charge in [0, 0.05) is 6.42 Å². The summed E-state index contributed by atoms with van der Waals surface area (Å²) in [5, 5.41) is 0. The van der Waals surface area contributed by atoms with Gasteiger partial charge < -0.3 is 4.43 Å². The molecule has 0 amide bonds. The summed E-state index contributed by atoms with van der Waals surface area (Å²) < 4.78 is 5.57. The SMILES string of the molecule is C=C[Si](C)(C)OCC#CCCC. The zero-order valence-corrected chi connectivity index (χ0v) is 9.31. The van der Waals surface area contributed by atoms with Crippen LogP contribution in [0.25, 0.3) is 0 Å². The molecule has 0 N–H and O–H groups in total. The van der Waals surface area contributed by atoms with Gasteiger partial charge in [-0.3, -0.25) is 0 Å². The molecule has 0 aliphatic carbocycles. The van der Waals surface area contributed by atoms with Crippen LogP contribution in [0.3, 0.4) is 0 Å². The van der Waals surface area contributed by atoms with Crippen molar-refractivity contribution in [3.05, 3.63) is 12.3 Å². The highest BCUT2D eigenvalue weighted by Crippen LogP contribution is 2.03. The molecule has 0 aromatic heterocycles. The van der Waals surface area contributed by atoms with Gasteiger partial charge >= 0.3 is 0 Å². The third-order valence-electron chi connectivity index (χ3n) is 1.51. The van der Waals surface area contributed by atoms with E-state index in [9.17, 15) is 0 Å². The highest BCUT2D eigenvalue weighted by molar-refractivity contribution is 6.76.